The summed E-state index contributed by atoms with van der Waals surface area (Å²) < 4.78 is 4.33. The summed E-state index contributed by atoms with van der Waals surface area (Å²) in [5.74, 6) is -0.501. The zero-order valence-corrected chi connectivity index (χ0v) is 10.1. The maximum absolute atomic E-state index is 10.1. The molecule has 100 valence electrons. The molecule has 0 radical (unpaired) electrons. The molecule has 0 aliphatic rings. The molecule has 0 rings (SSSR count). The number of carbonyl (C=O) groups excluding carboxylic acids is 2. The monoisotopic (exact) mass is 268 g/mol. The first kappa shape index (κ1) is 21.1. The lowest BCUT2D eigenvalue weighted by Crippen LogP contribution is -2.04. The molecule has 0 aliphatic heterocycles. The minimum Gasteiger partial charge on any atom is -0.460 e. The van der Waals surface area contributed by atoms with Crippen molar-refractivity contribution in [1.82, 2.24) is 0 Å². The fourth-order valence-electron chi connectivity index (χ4n) is 0.205. The summed E-state index contributed by atoms with van der Waals surface area (Å²) in [4.78, 5) is 19.6. The normalized spacial score (nSPS) is 7.53. The molecule has 0 atom stereocenters. The van der Waals surface area contributed by atoms with Crippen LogP contribution in [0.5, 0.6) is 0 Å². The molecule has 0 fully saturated rings. The van der Waals surface area contributed by atoms with Crippen LogP contribution in [0.1, 0.15) is 0 Å². The number of ether oxygens (including phenoxy) is 1. The van der Waals surface area contributed by atoms with Crippen LogP contribution in [0.2, 0.25) is 0 Å². The van der Waals surface area contributed by atoms with Crippen molar-refractivity contribution in [2.45, 2.75) is 0 Å². The second-order valence-corrected chi connectivity index (χ2v) is 2.42. The van der Waals surface area contributed by atoms with Gasteiger partial charge in [0.1, 0.15) is 6.61 Å². The maximum atomic E-state index is 10.1. The van der Waals surface area contributed by atoms with Crippen molar-refractivity contribution in [3.05, 3.63) is 25.3 Å². The molecular weight excluding hydrogens is 252 g/mol. The number of aliphatic hydroxyl groups excluding tert-OH is 3. The SMILES string of the molecule is C=CC(=O)Cl.C=CC(=O)OCCO.OCCO. The van der Waals surface area contributed by atoms with Crippen molar-refractivity contribution >= 4 is 22.8 Å². The molecule has 0 aromatic carbocycles. The third kappa shape index (κ3) is 39.9. The van der Waals surface area contributed by atoms with Gasteiger partial charge in [-0.05, 0) is 17.7 Å². The second kappa shape index (κ2) is 20.2. The Hall–Kier alpha value is -1.21. The number of carbonyl (C=O) groups is 2. The summed E-state index contributed by atoms with van der Waals surface area (Å²) in [6, 6.07) is 0. The zero-order valence-electron chi connectivity index (χ0n) is 9.34. The Morgan fingerprint density at radius 1 is 1.06 bits per heavy atom. The lowest BCUT2D eigenvalue weighted by atomic mass is 10.6. The van der Waals surface area contributed by atoms with E-state index in [1.807, 2.05) is 0 Å². The van der Waals surface area contributed by atoms with Crippen LogP contribution in [0.3, 0.4) is 0 Å². The van der Waals surface area contributed by atoms with Gasteiger partial charge in [-0.15, -0.1) is 0 Å². The average Bonchev–Trinajstić information content (AvgIpc) is 2.36. The van der Waals surface area contributed by atoms with Gasteiger partial charge in [0.25, 0.3) is 0 Å². The van der Waals surface area contributed by atoms with E-state index in [2.05, 4.69) is 17.9 Å². The minimum atomic E-state index is -0.509. The molecule has 17 heavy (non-hydrogen) atoms. The third-order valence-corrected chi connectivity index (χ3v) is 0.917. The molecule has 6 nitrogen and oxygen atoms in total. The molecule has 3 N–H and O–H groups in total. The Morgan fingerprint density at radius 3 is 1.65 bits per heavy atom. The van der Waals surface area contributed by atoms with Gasteiger partial charge < -0.3 is 20.1 Å². The number of hydrogen-bond donors (Lipinski definition) is 3. The van der Waals surface area contributed by atoms with Gasteiger partial charge in [0, 0.05) is 6.08 Å². The largest absolute Gasteiger partial charge is 0.460 e. The predicted octanol–water partition coefficient (Wildman–Crippen LogP) is -0.383. The molecule has 0 aliphatic carbocycles. The first-order valence-electron chi connectivity index (χ1n) is 4.43. The second-order valence-electron chi connectivity index (χ2n) is 2.05. The fraction of sp³-hybridized carbons (Fsp3) is 0.400. The van der Waals surface area contributed by atoms with Gasteiger partial charge in [-0.25, -0.2) is 4.79 Å². The smallest absolute Gasteiger partial charge is 0.330 e. The zero-order chi connectivity index (χ0) is 14.1. The highest BCUT2D eigenvalue weighted by Crippen LogP contribution is 1.75. The van der Waals surface area contributed by atoms with Crippen LogP contribution in [0.25, 0.3) is 0 Å². The molecule has 0 saturated carbocycles. The van der Waals surface area contributed by atoms with Gasteiger partial charge in [0.05, 0.1) is 19.8 Å². The standard InChI is InChI=1S/C5H8O3.C3H3ClO.C2H6O2/c1-2-5(7)8-4-3-6;1-2-3(4)5;3-1-2-4/h2,6H,1,3-4H2;2H,1H2;3-4H,1-2H2. The predicted molar refractivity (Wildman–Crippen MR) is 63.5 cm³/mol. The van der Waals surface area contributed by atoms with Gasteiger partial charge >= 0.3 is 5.97 Å². The van der Waals surface area contributed by atoms with Crippen LogP contribution in [-0.2, 0) is 14.3 Å². The molecule has 0 aromatic rings. The quantitative estimate of drug-likeness (QED) is 0.357. The summed E-state index contributed by atoms with van der Waals surface area (Å²) in [6.45, 7) is 5.89. The molecule has 0 amide bonds. The summed E-state index contributed by atoms with van der Waals surface area (Å²) in [7, 11) is 0. The molecule has 0 bridgehead atoms. The topological polar surface area (TPSA) is 104 Å². The van der Waals surface area contributed by atoms with Crippen molar-refractivity contribution in [3.8, 4) is 0 Å². The molecule has 0 saturated heterocycles. The highest BCUT2D eigenvalue weighted by Gasteiger charge is 1.90. The number of esters is 1. The van der Waals surface area contributed by atoms with Gasteiger partial charge in [-0.1, -0.05) is 13.2 Å². The van der Waals surface area contributed by atoms with Crippen molar-refractivity contribution in [2.75, 3.05) is 26.4 Å². The van der Waals surface area contributed by atoms with Crippen LogP contribution >= 0.6 is 11.6 Å². The Kier molecular flexibility index (Phi) is 25.1. The minimum absolute atomic E-state index is 0.0465. The van der Waals surface area contributed by atoms with E-state index in [1.165, 1.54) is 0 Å². The maximum Gasteiger partial charge on any atom is 0.330 e. The summed E-state index contributed by atoms with van der Waals surface area (Å²) in [6.07, 6.45) is 2.09. The van der Waals surface area contributed by atoms with Crippen molar-refractivity contribution in [1.29, 1.82) is 0 Å². The highest BCUT2D eigenvalue weighted by molar-refractivity contribution is 6.66. The number of rotatable bonds is 5. The van der Waals surface area contributed by atoms with E-state index in [0.29, 0.717) is 0 Å². The molecule has 0 spiro atoms. The summed E-state index contributed by atoms with van der Waals surface area (Å²) >= 11 is 4.71. The van der Waals surface area contributed by atoms with E-state index >= 15 is 0 Å². The van der Waals surface area contributed by atoms with E-state index in [1.54, 1.807) is 0 Å². The van der Waals surface area contributed by atoms with Gasteiger partial charge in [-0.2, -0.15) is 0 Å². The Bertz CT molecular complexity index is 215. The molecular formula is C10H17ClO6. The number of hydrogen-bond acceptors (Lipinski definition) is 6. The van der Waals surface area contributed by atoms with Crippen LogP contribution in [0, 0.1) is 0 Å². The van der Waals surface area contributed by atoms with Crippen LogP contribution in [0.4, 0.5) is 0 Å². The van der Waals surface area contributed by atoms with E-state index in [0.717, 1.165) is 12.2 Å². The average molecular weight is 269 g/mol. The van der Waals surface area contributed by atoms with Gasteiger partial charge in [0.2, 0.25) is 5.24 Å². The van der Waals surface area contributed by atoms with E-state index in [9.17, 15) is 9.59 Å². The summed E-state index contributed by atoms with van der Waals surface area (Å²) in [5, 5.41) is 22.8. The Labute approximate surface area is 105 Å². The first-order chi connectivity index (χ1) is 7.99. The third-order valence-electron chi connectivity index (χ3n) is 0.763. The fourth-order valence-corrected chi connectivity index (χ4v) is 0.205. The van der Waals surface area contributed by atoms with Crippen LogP contribution < -0.4 is 0 Å². The van der Waals surface area contributed by atoms with Crippen molar-refractivity contribution in [3.63, 3.8) is 0 Å². The number of aliphatic hydroxyl groups is 3. The molecule has 0 unspecified atom stereocenters. The Balaban J connectivity index is -0.000000188. The van der Waals surface area contributed by atoms with E-state index in [-0.39, 0.29) is 26.4 Å². The number of allylic oxidation sites excluding steroid dienone is 1. The number of halogens is 1. The van der Waals surface area contributed by atoms with E-state index in [4.69, 9.17) is 26.9 Å². The Morgan fingerprint density at radius 2 is 1.47 bits per heavy atom. The van der Waals surface area contributed by atoms with E-state index < -0.39 is 11.2 Å². The molecule has 0 heterocycles. The van der Waals surface area contributed by atoms with Gasteiger partial charge in [-0.3, -0.25) is 4.79 Å². The highest BCUT2D eigenvalue weighted by atomic mass is 35.5. The van der Waals surface area contributed by atoms with Crippen molar-refractivity contribution in [2.24, 2.45) is 0 Å². The summed E-state index contributed by atoms with van der Waals surface area (Å²) in [5.41, 5.74) is 0. The van der Waals surface area contributed by atoms with Crippen LogP contribution in [0.15, 0.2) is 25.3 Å². The lowest BCUT2D eigenvalue weighted by molar-refractivity contribution is -0.138. The lowest BCUT2D eigenvalue weighted by Gasteiger charge is -1.94. The van der Waals surface area contributed by atoms with Crippen LogP contribution in [-0.4, -0.2) is 53.0 Å². The first-order valence-corrected chi connectivity index (χ1v) is 4.81. The molecule has 7 heteroatoms. The molecule has 0 aromatic heterocycles. The van der Waals surface area contributed by atoms with Crippen molar-refractivity contribution < 1.29 is 29.6 Å². The van der Waals surface area contributed by atoms with Gasteiger partial charge in [0.15, 0.2) is 0 Å².